The zero-order valence-electron chi connectivity index (χ0n) is 10.6. The van der Waals surface area contributed by atoms with Crippen LogP contribution in [0.1, 0.15) is 24.8 Å². The van der Waals surface area contributed by atoms with Gasteiger partial charge in [0.2, 0.25) is 10.0 Å². The average molecular weight is 305 g/mol. The van der Waals surface area contributed by atoms with Gasteiger partial charge in [0, 0.05) is 5.69 Å². The van der Waals surface area contributed by atoms with Gasteiger partial charge in [-0.2, -0.15) is 0 Å². The maximum Gasteiger partial charge on any atom is 0.242 e. The van der Waals surface area contributed by atoms with Crippen molar-refractivity contribution in [1.29, 1.82) is 0 Å². The van der Waals surface area contributed by atoms with Crippen LogP contribution in [-0.2, 0) is 10.0 Å². The van der Waals surface area contributed by atoms with Crippen molar-refractivity contribution in [3.8, 4) is 0 Å². The molecule has 0 atom stereocenters. The fourth-order valence-electron chi connectivity index (χ4n) is 2.11. The number of anilines is 1. The molecular weight excluding hydrogens is 288 g/mol. The molecule has 1 fully saturated rings. The molecule has 106 valence electrons. The van der Waals surface area contributed by atoms with Crippen LogP contribution in [0.4, 0.5) is 5.69 Å². The van der Waals surface area contributed by atoms with Gasteiger partial charge >= 0.3 is 0 Å². The first-order chi connectivity index (χ1) is 8.80. The molecule has 1 aromatic rings. The van der Waals surface area contributed by atoms with Crippen LogP contribution < -0.4 is 10.5 Å². The molecule has 0 heterocycles. The van der Waals surface area contributed by atoms with Gasteiger partial charge in [0.05, 0.1) is 17.2 Å². The van der Waals surface area contributed by atoms with Crippen LogP contribution >= 0.6 is 11.6 Å². The van der Waals surface area contributed by atoms with E-state index in [9.17, 15) is 13.5 Å². The van der Waals surface area contributed by atoms with Crippen molar-refractivity contribution < 1.29 is 13.5 Å². The Labute approximate surface area is 117 Å². The highest BCUT2D eigenvalue weighted by atomic mass is 35.5. The van der Waals surface area contributed by atoms with E-state index in [1.807, 2.05) is 0 Å². The number of aliphatic hydroxyl groups is 1. The van der Waals surface area contributed by atoms with Crippen LogP contribution in [0.2, 0.25) is 5.02 Å². The topological polar surface area (TPSA) is 92.4 Å². The highest BCUT2D eigenvalue weighted by Crippen LogP contribution is 2.34. The van der Waals surface area contributed by atoms with Gasteiger partial charge in [-0.1, -0.05) is 11.6 Å². The van der Waals surface area contributed by atoms with Gasteiger partial charge in [0.15, 0.2) is 0 Å². The van der Waals surface area contributed by atoms with Crippen LogP contribution in [0.15, 0.2) is 17.0 Å². The molecule has 0 aliphatic heterocycles. The summed E-state index contributed by atoms with van der Waals surface area (Å²) in [4.78, 5) is -0.0445. The van der Waals surface area contributed by atoms with E-state index in [1.165, 1.54) is 12.1 Å². The van der Waals surface area contributed by atoms with Gasteiger partial charge in [0.25, 0.3) is 0 Å². The monoisotopic (exact) mass is 304 g/mol. The number of nitrogen functional groups attached to an aromatic ring is 1. The number of hydrogen-bond acceptors (Lipinski definition) is 4. The van der Waals surface area contributed by atoms with Crippen molar-refractivity contribution in [2.75, 3.05) is 12.3 Å². The van der Waals surface area contributed by atoms with Gasteiger partial charge in [-0.15, -0.1) is 0 Å². The predicted molar refractivity (Wildman–Crippen MR) is 74.6 cm³/mol. The van der Waals surface area contributed by atoms with Crippen LogP contribution in [0.3, 0.4) is 0 Å². The van der Waals surface area contributed by atoms with Gasteiger partial charge in [-0.05, 0) is 43.9 Å². The summed E-state index contributed by atoms with van der Waals surface area (Å²) in [6, 6.07) is 2.88. The normalized spacial score (nSPS) is 18.1. The first-order valence-electron chi connectivity index (χ1n) is 6.00. The third kappa shape index (κ3) is 2.72. The summed E-state index contributed by atoms with van der Waals surface area (Å²) in [7, 11) is -3.78. The Hall–Kier alpha value is -0.820. The molecule has 1 aromatic carbocycles. The molecular formula is C12H17ClN2O3S. The number of nitrogens with two attached hydrogens (primary N) is 1. The Morgan fingerprint density at radius 1 is 1.47 bits per heavy atom. The second-order valence-corrected chi connectivity index (χ2v) is 7.09. The van der Waals surface area contributed by atoms with Crippen molar-refractivity contribution in [3.05, 3.63) is 22.7 Å². The zero-order valence-corrected chi connectivity index (χ0v) is 12.2. The fourth-order valence-corrected chi connectivity index (χ4v) is 4.18. The van der Waals surface area contributed by atoms with Crippen molar-refractivity contribution in [2.24, 2.45) is 0 Å². The minimum atomic E-state index is -3.78. The van der Waals surface area contributed by atoms with Crippen molar-refractivity contribution in [2.45, 2.75) is 36.6 Å². The van der Waals surface area contributed by atoms with E-state index in [2.05, 4.69) is 4.72 Å². The molecule has 7 heteroatoms. The van der Waals surface area contributed by atoms with E-state index < -0.39 is 15.6 Å². The molecule has 0 saturated heterocycles. The van der Waals surface area contributed by atoms with Gasteiger partial charge in [0.1, 0.15) is 4.90 Å². The Kier molecular flexibility index (Phi) is 3.79. The van der Waals surface area contributed by atoms with E-state index in [4.69, 9.17) is 17.3 Å². The lowest BCUT2D eigenvalue weighted by Crippen LogP contribution is -2.56. The summed E-state index contributed by atoms with van der Waals surface area (Å²) in [5.74, 6) is 0. The summed E-state index contributed by atoms with van der Waals surface area (Å²) in [6.07, 6.45) is 2.15. The van der Waals surface area contributed by atoms with E-state index in [0.29, 0.717) is 18.5 Å². The highest BCUT2D eigenvalue weighted by molar-refractivity contribution is 7.89. The Morgan fingerprint density at radius 2 is 2.11 bits per heavy atom. The van der Waals surface area contributed by atoms with Crippen molar-refractivity contribution in [1.82, 2.24) is 4.72 Å². The Balaban J connectivity index is 2.37. The SMILES string of the molecule is Cc1cc(Cl)c(S(=O)(=O)NC2(CO)CCC2)cc1N. The molecule has 0 amide bonds. The lowest BCUT2D eigenvalue weighted by atomic mass is 9.78. The Bertz CT molecular complexity index is 592. The van der Waals surface area contributed by atoms with Gasteiger partial charge in [-0.3, -0.25) is 0 Å². The number of halogens is 1. The maximum absolute atomic E-state index is 12.3. The number of nitrogens with one attached hydrogen (secondary N) is 1. The minimum Gasteiger partial charge on any atom is -0.398 e. The van der Waals surface area contributed by atoms with E-state index in [0.717, 1.165) is 12.0 Å². The summed E-state index contributed by atoms with van der Waals surface area (Å²) in [5.41, 5.74) is 6.08. The minimum absolute atomic E-state index is 0.0445. The molecule has 4 N–H and O–H groups in total. The number of benzene rings is 1. The lowest BCUT2D eigenvalue weighted by Gasteiger charge is -2.40. The van der Waals surface area contributed by atoms with Crippen LogP contribution in [0.25, 0.3) is 0 Å². The number of sulfonamides is 1. The molecule has 0 bridgehead atoms. The lowest BCUT2D eigenvalue weighted by molar-refractivity contribution is 0.110. The molecule has 0 radical (unpaired) electrons. The second-order valence-electron chi connectivity index (χ2n) is 5.04. The first-order valence-corrected chi connectivity index (χ1v) is 7.86. The molecule has 5 nitrogen and oxygen atoms in total. The third-order valence-corrected chi connectivity index (χ3v) is 5.62. The first kappa shape index (κ1) is 14.6. The van der Waals surface area contributed by atoms with E-state index in [-0.39, 0.29) is 16.5 Å². The number of rotatable bonds is 4. The summed E-state index contributed by atoms with van der Waals surface area (Å²) in [5, 5.41) is 9.46. The number of aryl methyl sites for hydroxylation is 1. The van der Waals surface area contributed by atoms with Gasteiger partial charge < -0.3 is 10.8 Å². The molecule has 1 saturated carbocycles. The van der Waals surface area contributed by atoms with E-state index >= 15 is 0 Å². The maximum atomic E-state index is 12.3. The quantitative estimate of drug-likeness (QED) is 0.734. The van der Waals surface area contributed by atoms with Crippen molar-refractivity contribution in [3.63, 3.8) is 0 Å². The molecule has 2 rings (SSSR count). The summed E-state index contributed by atoms with van der Waals surface area (Å²) < 4.78 is 27.2. The largest absolute Gasteiger partial charge is 0.398 e. The third-order valence-electron chi connectivity index (χ3n) is 3.57. The summed E-state index contributed by atoms with van der Waals surface area (Å²) in [6.45, 7) is 1.54. The molecule has 1 aliphatic rings. The Morgan fingerprint density at radius 3 is 2.58 bits per heavy atom. The average Bonchev–Trinajstić information content (AvgIpc) is 2.28. The molecule has 1 aliphatic carbocycles. The fraction of sp³-hybridized carbons (Fsp3) is 0.500. The molecule has 0 unspecified atom stereocenters. The van der Waals surface area contributed by atoms with Crippen LogP contribution in [0, 0.1) is 6.92 Å². The molecule has 0 spiro atoms. The van der Waals surface area contributed by atoms with Crippen LogP contribution in [-0.4, -0.2) is 25.7 Å². The zero-order chi connectivity index (χ0) is 14.3. The standard InChI is InChI=1S/C12H17ClN2O3S/c1-8-5-9(13)11(6-10(8)14)19(17,18)15-12(7-16)3-2-4-12/h5-6,15-16H,2-4,7,14H2,1H3. The molecule has 0 aromatic heterocycles. The van der Waals surface area contributed by atoms with Crippen molar-refractivity contribution >= 4 is 27.3 Å². The summed E-state index contributed by atoms with van der Waals surface area (Å²) >= 11 is 5.98. The number of hydrogen-bond donors (Lipinski definition) is 3. The predicted octanol–water partition coefficient (Wildman–Crippen LogP) is 1.42. The second kappa shape index (κ2) is 4.94. The van der Waals surface area contributed by atoms with E-state index in [1.54, 1.807) is 6.92 Å². The number of aliphatic hydroxyl groups excluding tert-OH is 1. The molecule has 19 heavy (non-hydrogen) atoms. The van der Waals surface area contributed by atoms with Gasteiger partial charge in [-0.25, -0.2) is 13.1 Å². The van der Waals surface area contributed by atoms with Crippen LogP contribution in [0.5, 0.6) is 0 Å². The highest BCUT2D eigenvalue weighted by Gasteiger charge is 2.40. The smallest absolute Gasteiger partial charge is 0.242 e.